The van der Waals surface area contributed by atoms with Crippen LogP contribution in [0.5, 0.6) is 0 Å². The summed E-state index contributed by atoms with van der Waals surface area (Å²) in [6.45, 7) is 7.50. The number of urea groups is 1. The first-order chi connectivity index (χ1) is 20.6. The first-order valence-electron chi connectivity index (χ1n) is 15.0. The highest BCUT2D eigenvalue weighted by Gasteiger charge is 2.31. The van der Waals surface area contributed by atoms with Crippen molar-refractivity contribution >= 4 is 23.8 Å². The summed E-state index contributed by atoms with van der Waals surface area (Å²) in [5.41, 5.74) is 7.61. The Morgan fingerprint density at radius 1 is 0.976 bits per heavy atom. The number of anilines is 1. The molecule has 9 nitrogen and oxygen atoms in total. The summed E-state index contributed by atoms with van der Waals surface area (Å²) in [5, 5.41) is 9.96. The number of morpholine rings is 1. The maximum Gasteiger partial charge on any atom is 0.317 e. The molecule has 216 valence electrons. The Bertz CT molecular complexity index is 1490. The normalized spacial score (nSPS) is 20.7. The van der Waals surface area contributed by atoms with Gasteiger partial charge in [0.2, 0.25) is 0 Å². The number of carbonyl (C=O) groups is 1. The predicted molar refractivity (Wildman–Crippen MR) is 166 cm³/mol. The molecule has 7 rings (SSSR count). The average Bonchev–Trinajstić information content (AvgIpc) is 3.43. The number of likely N-dealkylation sites (tertiary alicyclic amines) is 1. The molecule has 0 aliphatic carbocycles. The van der Waals surface area contributed by atoms with Gasteiger partial charge in [-0.15, -0.1) is 0 Å². The summed E-state index contributed by atoms with van der Waals surface area (Å²) in [6, 6.07) is 21.8. The number of carbonyl (C=O) groups excluding carboxylic acids is 1. The Morgan fingerprint density at radius 3 is 2.50 bits per heavy atom. The fourth-order valence-electron chi connectivity index (χ4n) is 6.26. The topological polar surface area (TPSA) is 85.7 Å². The van der Waals surface area contributed by atoms with E-state index in [9.17, 15) is 4.79 Å². The largest absolute Gasteiger partial charge is 0.378 e. The van der Waals surface area contributed by atoms with Gasteiger partial charge in [-0.25, -0.2) is 14.8 Å². The van der Waals surface area contributed by atoms with Gasteiger partial charge in [0, 0.05) is 73.8 Å². The molecule has 2 aromatic carbocycles. The minimum atomic E-state index is -0.000343. The molecule has 2 saturated heterocycles. The van der Waals surface area contributed by atoms with E-state index < -0.39 is 0 Å². The first-order valence-corrected chi connectivity index (χ1v) is 15.0. The first kappa shape index (κ1) is 26.8. The fraction of sp³-hybridized carbons (Fsp3) is 0.394. The molecule has 42 heavy (non-hydrogen) atoms. The van der Waals surface area contributed by atoms with Crippen molar-refractivity contribution in [1.29, 1.82) is 0 Å². The Morgan fingerprint density at radius 2 is 1.74 bits per heavy atom. The summed E-state index contributed by atoms with van der Waals surface area (Å²) in [7, 11) is 0. The number of pyridine rings is 1. The van der Waals surface area contributed by atoms with E-state index in [0.29, 0.717) is 26.3 Å². The third kappa shape index (κ3) is 5.54. The zero-order chi connectivity index (χ0) is 28.5. The number of aromatic nitrogens is 1. The van der Waals surface area contributed by atoms with Crippen molar-refractivity contribution in [1.82, 2.24) is 20.1 Å². The van der Waals surface area contributed by atoms with Gasteiger partial charge < -0.3 is 15.0 Å². The Kier molecular flexibility index (Phi) is 7.44. The second-order valence-corrected chi connectivity index (χ2v) is 11.6. The zero-order valence-corrected chi connectivity index (χ0v) is 24.1. The van der Waals surface area contributed by atoms with Gasteiger partial charge in [-0.2, -0.15) is 5.10 Å². The highest BCUT2D eigenvalue weighted by molar-refractivity contribution is 5.97. The van der Waals surface area contributed by atoms with Crippen LogP contribution >= 0.6 is 0 Å². The number of fused-ring (bicyclic) bond motifs is 3. The number of piperidine rings is 1. The predicted octanol–water partition coefficient (Wildman–Crippen LogP) is 4.77. The van der Waals surface area contributed by atoms with Crippen molar-refractivity contribution < 1.29 is 9.53 Å². The third-order valence-corrected chi connectivity index (χ3v) is 8.60. The Labute approximate surface area is 246 Å². The quantitative estimate of drug-likeness (QED) is 0.484. The van der Waals surface area contributed by atoms with Crippen molar-refractivity contribution in [2.75, 3.05) is 44.4 Å². The second-order valence-electron chi connectivity index (χ2n) is 11.6. The molecule has 2 fully saturated rings. The molecule has 4 aliphatic rings. The van der Waals surface area contributed by atoms with Crippen LogP contribution in [0.3, 0.4) is 0 Å². The summed E-state index contributed by atoms with van der Waals surface area (Å²) in [6.07, 6.45) is 4.72. The molecule has 2 amide bonds. The molecule has 0 radical (unpaired) electrons. The number of nitrogens with zero attached hydrogens (tertiary/aromatic N) is 6. The number of amides is 2. The van der Waals surface area contributed by atoms with Gasteiger partial charge in [-0.05, 0) is 37.0 Å². The number of hydrogen-bond acceptors (Lipinski definition) is 7. The highest BCUT2D eigenvalue weighted by atomic mass is 16.5. The molecule has 1 atom stereocenters. The van der Waals surface area contributed by atoms with E-state index in [1.54, 1.807) is 0 Å². The summed E-state index contributed by atoms with van der Waals surface area (Å²) in [4.78, 5) is 26.9. The van der Waals surface area contributed by atoms with Crippen molar-refractivity contribution in [3.63, 3.8) is 0 Å². The molecule has 1 unspecified atom stereocenters. The van der Waals surface area contributed by atoms with E-state index in [2.05, 4.69) is 71.7 Å². The van der Waals surface area contributed by atoms with Crippen molar-refractivity contribution in [3.05, 3.63) is 71.8 Å². The number of hydrazone groups is 1. The number of benzene rings is 2. The average molecular weight is 564 g/mol. The molecular weight excluding hydrogens is 526 g/mol. The lowest BCUT2D eigenvalue weighted by molar-refractivity contribution is 0.0516. The third-order valence-electron chi connectivity index (χ3n) is 8.60. The summed E-state index contributed by atoms with van der Waals surface area (Å²) < 4.78 is 5.37. The molecule has 1 N–H and O–H groups in total. The Hall–Kier alpha value is -4.08. The van der Waals surface area contributed by atoms with Gasteiger partial charge in [0.05, 0.1) is 18.9 Å². The minimum Gasteiger partial charge on any atom is -0.378 e. The van der Waals surface area contributed by atoms with Gasteiger partial charge >= 0.3 is 6.03 Å². The van der Waals surface area contributed by atoms with E-state index in [-0.39, 0.29) is 18.2 Å². The molecule has 4 aliphatic heterocycles. The fourth-order valence-corrected chi connectivity index (χ4v) is 6.26. The van der Waals surface area contributed by atoms with Gasteiger partial charge in [-0.3, -0.25) is 9.89 Å². The number of hydrogen-bond donors (Lipinski definition) is 1. The maximum absolute atomic E-state index is 12.6. The number of ether oxygens (including phenoxy) is 1. The lowest BCUT2D eigenvalue weighted by atomic mass is 9.96. The smallest absolute Gasteiger partial charge is 0.317 e. The standard InChI is InChI=1S/C33H37N7O2/c1-23-19-30-34-21-27-20-29(25-5-3-2-4-6-25)31(36-32(27)40(30)37-23)26-9-7-24(8-10-26)22-38-13-11-28(12-14-38)35-33(41)39-15-17-42-18-16-39/h2-10,20-21,28,30H,11-19,22H2,1H3,(H,35,41). The van der Waals surface area contributed by atoms with Crippen LogP contribution < -0.4 is 10.3 Å². The van der Waals surface area contributed by atoms with Crippen LogP contribution in [0.15, 0.2) is 70.8 Å². The summed E-state index contributed by atoms with van der Waals surface area (Å²) in [5.74, 6) is 0.870. The van der Waals surface area contributed by atoms with Crippen LogP contribution in [-0.2, 0) is 11.3 Å². The lowest BCUT2D eigenvalue weighted by Crippen LogP contribution is -2.51. The number of rotatable bonds is 5. The lowest BCUT2D eigenvalue weighted by Gasteiger charge is -2.34. The van der Waals surface area contributed by atoms with Gasteiger partial charge in [0.15, 0.2) is 5.82 Å². The molecule has 1 aromatic heterocycles. The van der Waals surface area contributed by atoms with Crippen molar-refractivity contribution in [2.45, 2.75) is 44.9 Å². The van der Waals surface area contributed by atoms with E-state index in [4.69, 9.17) is 19.8 Å². The maximum atomic E-state index is 12.6. The van der Waals surface area contributed by atoms with Crippen molar-refractivity contribution in [2.24, 2.45) is 10.1 Å². The second kappa shape index (κ2) is 11.7. The molecular formula is C33H37N7O2. The minimum absolute atomic E-state index is 0.000343. The van der Waals surface area contributed by atoms with E-state index in [0.717, 1.165) is 78.4 Å². The van der Waals surface area contributed by atoms with E-state index in [1.807, 2.05) is 22.2 Å². The van der Waals surface area contributed by atoms with Gasteiger partial charge in [0.25, 0.3) is 0 Å². The summed E-state index contributed by atoms with van der Waals surface area (Å²) >= 11 is 0. The van der Waals surface area contributed by atoms with Gasteiger partial charge in [0.1, 0.15) is 6.17 Å². The molecule has 5 heterocycles. The van der Waals surface area contributed by atoms with Crippen LogP contribution in [0.25, 0.3) is 22.4 Å². The van der Waals surface area contributed by atoms with E-state index >= 15 is 0 Å². The van der Waals surface area contributed by atoms with Crippen LogP contribution in [0.2, 0.25) is 0 Å². The Balaban J connectivity index is 1.06. The van der Waals surface area contributed by atoms with Crippen LogP contribution in [-0.4, -0.2) is 84.3 Å². The van der Waals surface area contributed by atoms with Crippen LogP contribution in [0.4, 0.5) is 10.6 Å². The molecule has 9 heteroatoms. The monoisotopic (exact) mass is 563 g/mol. The highest BCUT2D eigenvalue weighted by Crippen LogP contribution is 2.38. The van der Waals surface area contributed by atoms with E-state index in [1.165, 1.54) is 5.56 Å². The SMILES string of the molecule is CC1=NN2c3nc(-c4ccc(CN5CCC(NC(=O)N6CCOCC6)CC5)cc4)c(-c4ccccc4)cc3C=NC2C1. The molecule has 0 saturated carbocycles. The molecule has 3 aromatic rings. The van der Waals surface area contributed by atoms with Crippen LogP contribution in [0.1, 0.15) is 37.3 Å². The van der Waals surface area contributed by atoms with Crippen molar-refractivity contribution in [3.8, 4) is 22.4 Å². The molecule has 0 spiro atoms. The number of nitrogens with one attached hydrogen (secondary N) is 1. The van der Waals surface area contributed by atoms with Gasteiger partial charge in [-0.1, -0.05) is 54.6 Å². The molecule has 0 bridgehead atoms. The zero-order valence-electron chi connectivity index (χ0n) is 24.1. The van der Waals surface area contributed by atoms with Crippen LogP contribution in [0, 0.1) is 0 Å². The number of aliphatic imine (C=N–C) groups is 1.